The predicted octanol–water partition coefficient (Wildman–Crippen LogP) is 5.27. The predicted molar refractivity (Wildman–Crippen MR) is 100 cm³/mol. The Kier molecular flexibility index (Phi) is 5.06. The summed E-state index contributed by atoms with van der Waals surface area (Å²) in [7, 11) is 4.95. The average molecular weight is 406 g/mol. The first-order valence-corrected chi connectivity index (χ1v) is 8.85. The van der Waals surface area contributed by atoms with Gasteiger partial charge in [0.1, 0.15) is 22.3 Å². The van der Waals surface area contributed by atoms with Crippen LogP contribution in [-0.2, 0) is 0 Å². The Morgan fingerprint density at radius 2 is 1.58 bits per heavy atom. The second kappa shape index (κ2) is 7.23. The van der Waals surface area contributed by atoms with Gasteiger partial charge in [0.15, 0.2) is 0 Å². The lowest BCUT2D eigenvalue weighted by molar-refractivity contribution is 0.404. The molecule has 4 nitrogen and oxygen atoms in total. The van der Waals surface area contributed by atoms with Gasteiger partial charge >= 0.3 is 0 Å². The van der Waals surface area contributed by atoms with E-state index in [1.807, 2.05) is 41.8 Å². The van der Waals surface area contributed by atoms with Gasteiger partial charge in [-0.05, 0) is 36.4 Å². The molecule has 3 aromatic rings. The third-order valence-electron chi connectivity index (χ3n) is 3.58. The number of benzene rings is 2. The molecule has 0 fully saturated rings. The Labute approximate surface area is 153 Å². The Morgan fingerprint density at radius 1 is 0.875 bits per heavy atom. The van der Waals surface area contributed by atoms with Gasteiger partial charge < -0.3 is 14.2 Å². The molecule has 0 aliphatic carbocycles. The van der Waals surface area contributed by atoms with Crippen LogP contribution in [0.3, 0.4) is 0 Å². The SMILES string of the molecule is COc1ccc(OC)c(-c2csc(-c3cc(Br)ccc3OC)n2)c1. The van der Waals surface area contributed by atoms with E-state index in [1.165, 1.54) is 0 Å². The third-order valence-corrected chi connectivity index (χ3v) is 4.95. The minimum atomic E-state index is 0.758. The van der Waals surface area contributed by atoms with E-state index in [-0.39, 0.29) is 0 Å². The van der Waals surface area contributed by atoms with Crippen molar-refractivity contribution in [1.29, 1.82) is 0 Å². The quantitative estimate of drug-likeness (QED) is 0.579. The van der Waals surface area contributed by atoms with Gasteiger partial charge in [0.25, 0.3) is 0 Å². The van der Waals surface area contributed by atoms with Gasteiger partial charge in [0, 0.05) is 15.4 Å². The minimum absolute atomic E-state index is 0.758. The zero-order valence-corrected chi connectivity index (χ0v) is 15.9. The summed E-state index contributed by atoms with van der Waals surface area (Å²) in [6.07, 6.45) is 0. The Hall–Kier alpha value is -2.05. The molecule has 0 aliphatic heterocycles. The van der Waals surface area contributed by atoms with Crippen molar-refractivity contribution in [2.75, 3.05) is 21.3 Å². The topological polar surface area (TPSA) is 40.6 Å². The smallest absolute Gasteiger partial charge is 0.129 e. The van der Waals surface area contributed by atoms with E-state index < -0.39 is 0 Å². The van der Waals surface area contributed by atoms with Gasteiger partial charge in [-0.15, -0.1) is 11.3 Å². The molecule has 0 N–H and O–H groups in total. The molecule has 0 unspecified atom stereocenters. The number of hydrogen-bond donors (Lipinski definition) is 0. The normalized spacial score (nSPS) is 10.5. The van der Waals surface area contributed by atoms with Crippen LogP contribution in [0.4, 0.5) is 0 Å². The molecule has 6 heteroatoms. The maximum absolute atomic E-state index is 5.46. The van der Waals surface area contributed by atoms with Gasteiger partial charge in [-0.25, -0.2) is 4.98 Å². The van der Waals surface area contributed by atoms with E-state index in [4.69, 9.17) is 19.2 Å². The van der Waals surface area contributed by atoms with E-state index in [9.17, 15) is 0 Å². The molecule has 1 heterocycles. The highest BCUT2D eigenvalue weighted by Gasteiger charge is 2.15. The van der Waals surface area contributed by atoms with Crippen LogP contribution in [0, 0.1) is 0 Å². The molecule has 0 radical (unpaired) electrons. The fourth-order valence-corrected chi connectivity index (χ4v) is 3.58. The van der Waals surface area contributed by atoms with Crippen molar-refractivity contribution in [3.63, 3.8) is 0 Å². The molecular formula is C18H16BrNO3S. The average Bonchev–Trinajstić information content (AvgIpc) is 3.10. The second-order valence-corrected chi connectivity index (χ2v) is 6.72. The van der Waals surface area contributed by atoms with Crippen LogP contribution in [0.5, 0.6) is 17.2 Å². The van der Waals surface area contributed by atoms with Gasteiger partial charge in [-0.3, -0.25) is 0 Å². The van der Waals surface area contributed by atoms with Crippen LogP contribution in [-0.4, -0.2) is 26.3 Å². The van der Waals surface area contributed by atoms with Crippen LogP contribution in [0.25, 0.3) is 21.8 Å². The number of rotatable bonds is 5. The highest BCUT2D eigenvalue weighted by Crippen LogP contribution is 2.39. The van der Waals surface area contributed by atoms with Gasteiger partial charge in [0.2, 0.25) is 0 Å². The zero-order chi connectivity index (χ0) is 17.1. The number of methoxy groups -OCH3 is 3. The van der Waals surface area contributed by atoms with E-state index in [0.717, 1.165) is 43.5 Å². The summed E-state index contributed by atoms with van der Waals surface area (Å²) in [5.41, 5.74) is 2.69. The van der Waals surface area contributed by atoms with Crippen LogP contribution in [0.15, 0.2) is 46.3 Å². The van der Waals surface area contributed by atoms with Crippen LogP contribution < -0.4 is 14.2 Å². The lowest BCUT2D eigenvalue weighted by Crippen LogP contribution is -1.91. The van der Waals surface area contributed by atoms with Crippen LogP contribution in [0.2, 0.25) is 0 Å². The van der Waals surface area contributed by atoms with Crippen molar-refractivity contribution in [3.05, 3.63) is 46.3 Å². The minimum Gasteiger partial charge on any atom is -0.497 e. The largest absolute Gasteiger partial charge is 0.497 e. The molecule has 124 valence electrons. The Bertz CT molecular complexity index is 863. The molecule has 2 aromatic carbocycles. The molecule has 0 atom stereocenters. The Balaban J connectivity index is 2.07. The number of thiazole rings is 1. The highest BCUT2D eigenvalue weighted by atomic mass is 79.9. The van der Waals surface area contributed by atoms with Crippen LogP contribution in [0.1, 0.15) is 0 Å². The van der Waals surface area contributed by atoms with Crippen LogP contribution >= 0.6 is 27.3 Å². The van der Waals surface area contributed by atoms with Gasteiger partial charge in [-0.1, -0.05) is 15.9 Å². The molecule has 0 bridgehead atoms. The molecule has 1 aromatic heterocycles. The van der Waals surface area contributed by atoms with Gasteiger partial charge in [-0.2, -0.15) is 0 Å². The summed E-state index contributed by atoms with van der Waals surface area (Å²) in [6.45, 7) is 0. The first kappa shape index (κ1) is 16.8. The van der Waals surface area contributed by atoms with Crippen molar-refractivity contribution in [3.8, 4) is 39.1 Å². The van der Waals surface area contributed by atoms with Crippen molar-refractivity contribution >= 4 is 27.3 Å². The first-order valence-electron chi connectivity index (χ1n) is 7.18. The van der Waals surface area contributed by atoms with Crippen molar-refractivity contribution in [1.82, 2.24) is 4.98 Å². The Morgan fingerprint density at radius 3 is 2.29 bits per heavy atom. The number of aromatic nitrogens is 1. The summed E-state index contributed by atoms with van der Waals surface area (Å²) < 4.78 is 17.2. The summed E-state index contributed by atoms with van der Waals surface area (Å²) >= 11 is 5.06. The molecular weight excluding hydrogens is 390 g/mol. The monoisotopic (exact) mass is 405 g/mol. The lowest BCUT2D eigenvalue weighted by atomic mass is 10.1. The molecule has 0 saturated carbocycles. The summed E-state index contributed by atoms with van der Waals surface area (Å²) in [5, 5.41) is 2.89. The van der Waals surface area contributed by atoms with E-state index >= 15 is 0 Å². The molecule has 0 spiro atoms. The molecule has 0 aliphatic rings. The van der Waals surface area contributed by atoms with Crippen molar-refractivity contribution < 1.29 is 14.2 Å². The standard InChI is InChI=1S/C18H16BrNO3S/c1-21-12-5-7-16(22-2)13(9-12)15-10-24-18(20-15)14-8-11(19)4-6-17(14)23-3/h4-10H,1-3H3. The van der Waals surface area contributed by atoms with Crippen molar-refractivity contribution in [2.45, 2.75) is 0 Å². The maximum atomic E-state index is 5.46. The lowest BCUT2D eigenvalue weighted by Gasteiger charge is -2.09. The summed E-state index contributed by atoms with van der Waals surface area (Å²) in [4.78, 5) is 4.77. The number of hydrogen-bond acceptors (Lipinski definition) is 5. The molecule has 0 saturated heterocycles. The fourth-order valence-electron chi connectivity index (χ4n) is 2.38. The number of nitrogens with zero attached hydrogens (tertiary/aromatic N) is 1. The zero-order valence-electron chi connectivity index (χ0n) is 13.5. The maximum Gasteiger partial charge on any atom is 0.129 e. The number of ether oxygens (including phenoxy) is 3. The fraction of sp³-hybridized carbons (Fsp3) is 0.167. The highest BCUT2D eigenvalue weighted by molar-refractivity contribution is 9.10. The summed E-state index contributed by atoms with van der Waals surface area (Å²) in [5.74, 6) is 2.31. The summed E-state index contributed by atoms with van der Waals surface area (Å²) in [6, 6.07) is 11.6. The molecule has 24 heavy (non-hydrogen) atoms. The number of halogens is 1. The first-order chi connectivity index (χ1) is 11.7. The van der Waals surface area contributed by atoms with Gasteiger partial charge in [0.05, 0.1) is 32.6 Å². The van der Waals surface area contributed by atoms with E-state index in [2.05, 4.69) is 15.9 Å². The molecule has 0 amide bonds. The van der Waals surface area contributed by atoms with E-state index in [0.29, 0.717) is 0 Å². The van der Waals surface area contributed by atoms with Crippen molar-refractivity contribution in [2.24, 2.45) is 0 Å². The van der Waals surface area contributed by atoms with E-state index in [1.54, 1.807) is 32.7 Å². The second-order valence-electron chi connectivity index (χ2n) is 4.95. The molecule has 3 rings (SSSR count). The third kappa shape index (κ3) is 3.25.